The summed E-state index contributed by atoms with van der Waals surface area (Å²) in [5.41, 5.74) is 0.305. The average Bonchev–Trinajstić information content (AvgIpc) is 3.17. The minimum atomic E-state index is -1.54. The fourth-order valence-corrected chi connectivity index (χ4v) is 5.63. The highest BCUT2D eigenvalue weighted by atomic mass is 32.2. The fraction of sp³-hybridized carbons (Fsp3) is 0.478. The zero-order chi connectivity index (χ0) is 27.5. The molecule has 2 saturated heterocycles. The third-order valence-corrected chi connectivity index (χ3v) is 7.67. The van der Waals surface area contributed by atoms with Crippen molar-refractivity contribution in [2.75, 3.05) is 19.6 Å². The van der Waals surface area contributed by atoms with E-state index in [1.165, 1.54) is 17.0 Å². The van der Waals surface area contributed by atoms with Crippen molar-refractivity contribution >= 4 is 47.5 Å². The number of carboxylic acids is 2. The number of hydrogen-bond acceptors (Lipinski definition) is 8. The van der Waals surface area contributed by atoms with Gasteiger partial charge in [-0.2, -0.15) is 0 Å². The summed E-state index contributed by atoms with van der Waals surface area (Å²) in [7, 11) is 0. The number of thioether (sulfide) groups is 1. The van der Waals surface area contributed by atoms with E-state index >= 15 is 0 Å². The van der Waals surface area contributed by atoms with Gasteiger partial charge in [-0.3, -0.25) is 29.4 Å². The molecule has 1 aromatic rings. The molecule has 0 radical (unpaired) electrons. The molecule has 3 rings (SSSR count). The van der Waals surface area contributed by atoms with E-state index in [1.807, 2.05) is 0 Å². The first-order valence-electron chi connectivity index (χ1n) is 11.5. The van der Waals surface area contributed by atoms with Crippen LogP contribution in [0.15, 0.2) is 30.3 Å². The number of nitrogens with zero attached hydrogens (tertiary/aromatic N) is 2. The molecule has 0 aliphatic carbocycles. The van der Waals surface area contributed by atoms with Crippen molar-refractivity contribution in [1.29, 1.82) is 0 Å². The second-order valence-corrected chi connectivity index (χ2v) is 10.8. The number of amides is 5. The number of likely N-dealkylation sites (N-methyl/N-ethyl adjacent to an activating group) is 1. The molecule has 14 heteroatoms. The smallest absolute Gasteiger partial charge is 0.328 e. The van der Waals surface area contributed by atoms with Gasteiger partial charge in [0.15, 0.2) is 6.04 Å². The average molecular weight is 536 g/mol. The number of piperazine rings is 1. The molecular formula is C23H29N5O8S. The molecule has 0 bridgehead atoms. The van der Waals surface area contributed by atoms with Crippen molar-refractivity contribution in [1.82, 2.24) is 25.8 Å². The Kier molecular flexibility index (Phi) is 8.43. The number of carboxylic acid groups (broad SMARTS) is 2. The quantitative estimate of drug-likeness (QED) is 0.274. The van der Waals surface area contributed by atoms with Crippen molar-refractivity contribution in [2.45, 2.75) is 49.0 Å². The highest BCUT2D eigenvalue weighted by Crippen LogP contribution is 2.39. The van der Waals surface area contributed by atoms with Gasteiger partial charge in [0.05, 0.1) is 5.37 Å². The molecule has 5 amide bonds. The number of rotatable bonds is 8. The molecule has 0 aromatic heterocycles. The Morgan fingerprint density at radius 1 is 1.08 bits per heavy atom. The lowest BCUT2D eigenvalue weighted by atomic mass is 10.0. The molecule has 2 fully saturated rings. The second kappa shape index (κ2) is 11.2. The van der Waals surface area contributed by atoms with Gasteiger partial charge in [-0.25, -0.2) is 9.59 Å². The third kappa shape index (κ3) is 6.02. The van der Waals surface area contributed by atoms with Crippen LogP contribution in [0.25, 0.3) is 0 Å². The topological polar surface area (TPSA) is 185 Å². The number of benzene rings is 1. The molecular weight excluding hydrogens is 506 g/mol. The molecule has 200 valence electrons. The molecule has 2 unspecified atom stereocenters. The van der Waals surface area contributed by atoms with Crippen LogP contribution < -0.4 is 16.0 Å². The standard InChI is InChI=1S/C23H29N5O8S/c1-4-27-10-11-28(19(31)18(27)30)22(36)25-13(12-8-6-5-7-9-12)16(29)24-14(20(32)33)17-26-15(21(34)35)23(2,3)37-17/h5-9,13-15,17,26H,4,10-11H2,1-3H3,(H,24,29)(H,25,36)(H,32,33)(H,34,35)/t13-,14?,15+,17?/m1/s1. The van der Waals surface area contributed by atoms with Gasteiger partial charge in [0, 0.05) is 24.4 Å². The van der Waals surface area contributed by atoms with Crippen molar-refractivity contribution in [3.8, 4) is 0 Å². The summed E-state index contributed by atoms with van der Waals surface area (Å²) in [5, 5.41) is 25.9. The monoisotopic (exact) mass is 535 g/mol. The molecule has 5 N–H and O–H groups in total. The van der Waals surface area contributed by atoms with E-state index in [9.17, 15) is 39.0 Å². The predicted molar refractivity (Wildman–Crippen MR) is 131 cm³/mol. The van der Waals surface area contributed by atoms with E-state index in [1.54, 1.807) is 39.0 Å². The molecule has 1 aromatic carbocycles. The lowest BCUT2D eigenvalue weighted by molar-refractivity contribution is -0.153. The highest BCUT2D eigenvalue weighted by molar-refractivity contribution is 8.01. The van der Waals surface area contributed by atoms with E-state index in [-0.39, 0.29) is 13.1 Å². The van der Waals surface area contributed by atoms with Gasteiger partial charge < -0.3 is 25.7 Å². The largest absolute Gasteiger partial charge is 0.480 e. The maximum Gasteiger partial charge on any atom is 0.328 e. The van der Waals surface area contributed by atoms with E-state index in [0.717, 1.165) is 11.8 Å². The second-order valence-electron chi connectivity index (χ2n) is 9.04. The summed E-state index contributed by atoms with van der Waals surface area (Å²) < 4.78 is -0.866. The van der Waals surface area contributed by atoms with Crippen LogP contribution >= 0.6 is 11.8 Å². The predicted octanol–water partition coefficient (Wildman–Crippen LogP) is -0.408. The Morgan fingerprint density at radius 2 is 1.73 bits per heavy atom. The van der Waals surface area contributed by atoms with Crippen LogP contribution in [0.2, 0.25) is 0 Å². The number of carbonyl (C=O) groups excluding carboxylic acids is 4. The Balaban J connectivity index is 1.82. The SMILES string of the molecule is CCN1CCN(C(=O)N[C@@H](C(=O)NC(C(=O)O)C2N[C@@H](C(=O)O)C(C)(C)S2)c2ccccc2)C(=O)C1=O. The molecule has 13 nitrogen and oxygen atoms in total. The summed E-state index contributed by atoms with van der Waals surface area (Å²) in [5.74, 6) is -5.33. The van der Waals surface area contributed by atoms with Gasteiger partial charge in [-0.05, 0) is 26.3 Å². The highest BCUT2D eigenvalue weighted by Gasteiger charge is 2.50. The van der Waals surface area contributed by atoms with E-state index in [0.29, 0.717) is 17.0 Å². The van der Waals surface area contributed by atoms with Crippen molar-refractivity contribution in [3.05, 3.63) is 35.9 Å². The number of nitrogens with one attached hydrogen (secondary N) is 3. The van der Waals surface area contributed by atoms with E-state index in [4.69, 9.17) is 0 Å². The van der Waals surface area contributed by atoms with Gasteiger partial charge in [-0.1, -0.05) is 30.3 Å². The third-order valence-electron chi connectivity index (χ3n) is 6.17. The van der Waals surface area contributed by atoms with Crippen LogP contribution in [-0.2, 0) is 24.0 Å². The maximum atomic E-state index is 13.3. The number of carbonyl (C=O) groups is 6. The molecule has 2 aliphatic heterocycles. The summed E-state index contributed by atoms with van der Waals surface area (Å²) in [4.78, 5) is 76.7. The van der Waals surface area contributed by atoms with Crippen molar-refractivity contribution < 1.29 is 39.0 Å². The maximum absolute atomic E-state index is 13.3. The lowest BCUT2D eigenvalue weighted by Gasteiger charge is -2.33. The first-order chi connectivity index (χ1) is 17.4. The number of hydrogen-bond donors (Lipinski definition) is 5. The zero-order valence-electron chi connectivity index (χ0n) is 20.5. The number of aliphatic carboxylic acids is 2. The minimum absolute atomic E-state index is 0.0700. The van der Waals surface area contributed by atoms with Crippen LogP contribution in [-0.4, -0.2) is 97.5 Å². The first kappa shape index (κ1) is 27.9. The van der Waals surface area contributed by atoms with Gasteiger partial charge in [0.1, 0.15) is 12.1 Å². The van der Waals surface area contributed by atoms with Gasteiger partial charge in [0.25, 0.3) is 0 Å². The fourth-order valence-electron chi connectivity index (χ4n) is 4.15. The normalized spacial score (nSPS) is 22.8. The Labute approximate surface area is 216 Å². The zero-order valence-corrected chi connectivity index (χ0v) is 21.3. The number of urea groups is 1. The van der Waals surface area contributed by atoms with Crippen LogP contribution in [0.5, 0.6) is 0 Å². The summed E-state index contributed by atoms with van der Waals surface area (Å²) in [6.45, 7) is 5.37. The number of imide groups is 1. The van der Waals surface area contributed by atoms with Gasteiger partial charge >= 0.3 is 29.8 Å². The Bertz CT molecular complexity index is 1100. The molecule has 4 atom stereocenters. The van der Waals surface area contributed by atoms with Gasteiger partial charge in [0.2, 0.25) is 5.91 Å². The van der Waals surface area contributed by atoms with Crippen LogP contribution in [0.4, 0.5) is 4.79 Å². The van der Waals surface area contributed by atoms with Crippen molar-refractivity contribution in [2.24, 2.45) is 0 Å². The summed E-state index contributed by atoms with van der Waals surface area (Å²) in [6, 6.07) is 2.99. The molecule has 37 heavy (non-hydrogen) atoms. The minimum Gasteiger partial charge on any atom is -0.480 e. The first-order valence-corrected chi connectivity index (χ1v) is 12.4. The van der Waals surface area contributed by atoms with Gasteiger partial charge in [-0.15, -0.1) is 11.8 Å². The van der Waals surface area contributed by atoms with Crippen LogP contribution in [0.1, 0.15) is 32.4 Å². The summed E-state index contributed by atoms with van der Waals surface area (Å²) >= 11 is 1.06. The summed E-state index contributed by atoms with van der Waals surface area (Å²) in [6.07, 6.45) is 0. The van der Waals surface area contributed by atoms with E-state index < -0.39 is 63.9 Å². The molecule has 2 heterocycles. The van der Waals surface area contributed by atoms with Crippen LogP contribution in [0, 0.1) is 0 Å². The molecule has 0 spiro atoms. The van der Waals surface area contributed by atoms with Crippen molar-refractivity contribution in [3.63, 3.8) is 0 Å². The van der Waals surface area contributed by atoms with E-state index in [2.05, 4.69) is 16.0 Å². The Morgan fingerprint density at radius 3 is 2.27 bits per heavy atom. The lowest BCUT2D eigenvalue weighted by Crippen LogP contribution is -2.60. The van der Waals surface area contributed by atoms with Crippen LogP contribution in [0.3, 0.4) is 0 Å². The molecule has 2 aliphatic rings. The Hall–Kier alpha value is -3.65. The molecule has 0 saturated carbocycles.